The molecule has 0 aliphatic carbocycles. The summed E-state index contributed by atoms with van der Waals surface area (Å²) in [6.07, 6.45) is 0.458. The van der Waals surface area contributed by atoms with E-state index in [0.717, 1.165) is 9.86 Å². The average molecular weight is 352 g/mol. The first-order valence-corrected chi connectivity index (χ1v) is 7.40. The van der Waals surface area contributed by atoms with Gasteiger partial charge in [-0.25, -0.2) is 0 Å². The summed E-state index contributed by atoms with van der Waals surface area (Å²) in [5.74, 6) is -0.878. The summed E-state index contributed by atoms with van der Waals surface area (Å²) in [5, 5.41) is 10.1. The van der Waals surface area contributed by atoms with Gasteiger partial charge in [0.2, 0.25) is 0 Å². The van der Waals surface area contributed by atoms with Gasteiger partial charge in [0, 0.05) is 22.9 Å². The summed E-state index contributed by atoms with van der Waals surface area (Å²) in [4.78, 5) is 25.2. The number of fused-ring (bicyclic) bond motifs is 1. The summed E-state index contributed by atoms with van der Waals surface area (Å²) in [6, 6.07) is 7.21. The third-order valence-corrected chi connectivity index (χ3v) is 4.46. The topological polar surface area (TPSA) is 70.8 Å². The molecule has 5 nitrogen and oxygen atoms in total. The SMILES string of the molecule is C[C@@]1(C(=O)O)CCN(C(=O)c2cc3cc(Br)ccc3o2)C1. The Morgan fingerprint density at radius 1 is 1.38 bits per heavy atom. The van der Waals surface area contributed by atoms with Crippen molar-refractivity contribution >= 4 is 38.8 Å². The Morgan fingerprint density at radius 3 is 2.81 bits per heavy atom. The Kier molecular flexibility index (Phi) is 3.28. The highest BCUT2D eigenvalue weighted by Gasteiger charge is 2.42. The number of halogens is 1. The van der Waals surface area contributed by atoms with E-state index >= 15 is 0 Å². The molecule has 1 aromatic carbocycles. The maximum Gasteiger partial charge on any atom is 0.311 e. The molecule has 0 radical (unpaired) electrons. The highest BCUT2D eigenvalue weighted by molar-refractivity contribution is 9.10. The molecule has 0 spiro atoms. The van der Waals surface area contributed by atoms with Gasteiger partial charge in [-0.15, -0.1) is 0 Å². The number of carbonyl (C=O) groups is 2. The van der Waals surface area contributed by atoms with Gasteiger partial charge in [0.05, 0.1) is 5.41 Å². The quantitative estimate of drug-likeness (QED) is 0.902. The van der Waals surface area contributed by atoms with E-state index in [0.29, 0.717) is 18.5 Å². The lowest BCUT2D eigenvalue weighted by Gasteiger charge is -2.19. The Bertz CT molecular complexity index is 738. The molecular formula is C15H14BrNO4. The summed E-state index contributed by atoms with van der Waals surface area (Å²) < 4.78 is 6.48. The molecule has 21 heavy (non-hydrogen) atoms. The molecule has 1 aliphatic rings. The number of hydrogen-bond acceptors (Lipinski definition) is 3. The van der Waals surface area contributed by atoms with Crippen LogP contribution in [0.25, 0.3) is 11.0 Å². The van der Waals surface area contributed by atoms with Crippen LogP contribution >= 0.6 is 15.9 Å². The minimum atomic E-state index is -0.870. The summed E-state index contributed by atoms with van der Waals surface area (Å²) >= 11 is 3.37. The number of aliphatic carboxylic acids is 1. The lowest BCUT2D eigenvalue weighted by molar-refractivity contribution is -0.147. The zero-order valence-corrected chi connectivity index (χ0v) is 13.0. The second-order valence-electron chi connectivity index (χ2n) is 5.64. The van der Waals surface area contributed by atoms with Crippen molar-refractivity contribution in [2.75, 3.05) is 13.1 Å². The zero-order valence-electron chi connectivity index (χ0n) is 11.4. The minimum Gasteiger partial charge on any atom is -0.481 e. The fourth-order valence-electron chi connectivity index (χ4n) is 2.58. The minimum absolute atomic E-state index is 0.210. The molecule has 110 valence electrons. The van der Waals surface area contributed by atoms with Gasteiger partial charge in [-0.3, -0.25) is 9.59 Å². The number of benzene rings is 1. The van der Waals surface area contributed by atoms with E-state index in [-0.39, 0.29) is 18.2 Å². The molecule has 1 amide bonds. The van der Waals surface area contributed by atoms with Gasteiger partial charge < -0.3 is 14.4 Å². The lowest BCUT2D eigenvalue weighted by atomic mass is 9.90. The Morgan fingerprint density at radius 2 is 2.14 bits per heavy atom. The molecule has 1 aromatic heterocycles. The molecule has 1 atom stereocenters. The Labute approximate surface area is 129 Å². The Balaban J connectivity index is 1.86. The van der Waals surface area contributed by atoms with Crippen molar-refractivity contribution in [2.24, 2.45) is 5.41 Å². The number of carboxylic acids is 1. The number of likely N-dealkylation sites (tertiary alicyclic amines) is 1. The maximum atomic E-state index is 12.4. The van der Waals surface area contributed by atoms with Crippen LogP contribution in [0.4, 0.5) is 0 Å². The van der Waals surface area contributed by atoms with E-state index in [2.05, 4.69) is 15.9 Å². The van der Waals surface area contributed by atoms with E-state index in [1.54, 1.807) is 24.0 Å². The molecule has 0 saturated carbocycles. The molecule has 6 heteroatoms. The van der Waals surface area contributed by atoms with Gasteiger partial charge in [0.15, 0.2) is 5.76 Å². The molecule has 0 unspecified atom stereocenters. The second-order valence-corrected chi connectivity index (χ2v) is 6.55. The molecule has 0 bridgehead atoms. The lowest BCUT2D eigenvalue weighted by Crippen LogP contribution is -2.34. The van der Waals surface area contributed by atoms with Crippen LogP contribution in [-0.4, -0.2) is 35.0 Å². The summed E-state index contributed by atoms with van der Waals surface area (Å²) in [5.41, 5.74) is -0.230. The molecule has 1 N–H and O–H groups in total. The standard InChI is InChI=1S/C15H14BrNO4/c1-15(14(19)20)4-5-17(8-15)13(18)12-7-9-6-10(16)2-3-11(9)21-12/h2-3,6-7H,4-5,8H2,1H3,(H,19,20)/t15-/m1/s1. The third kappa shape index (κ3) is 2.44. The number of nitrogens with zero attached hydrogens (tertiary/aromatic N) is 1. The molecule has 1 aliphatic heterocycles. The highest BCUT2D eigenvalue weighted by atomic mass is 79.9. The van der Waals surface area contributed by atoms with Gasteiger partial charge >= 0.3 is 5.97 Å². The van der Waals surface area contributed by atoms with Crippen molar-refractivity contribution in [3.8, 4) is 0 Å². The Hall–Kier alpha value is -1.82. The van der Waals surface area contributed by atoms with E-state index in [1.807, 2.05) is 12.1 Å². The normalized spacial score (nSPS) is 21.9. The van der Waals surface area contributed by atoms with Crippen molar-refractivity contribution in [2.45, 2.75) is 13.3 Å². The molecule has 2 aromatic rings. The smallest absolute Gasteiger partial charge is 0.311 e. The second kappa shape index (κ2) is 4.87. The van der Waals surface area contributed by atoms with Gasteiger partial charge in [-0.2, -0.15) is 0 Å². The van der Waals surface area contributed by atoms with E-state index < -0.39 is 11.4 Å². The number of carbonyl (C=O) groups excluding carboxylic acids is 1. The van der Waals surface area contributed by atoms with E-state index in [1.165, 1.54) is 0 Å². The monoisotopic (exact) mass is 351 g/mol. The van der Waals surface area contributed by atoms with Crippen molar-refractivity contribution < 1.29 is 19.1 Å². The van der Waals surface area contributed by atoms with Crippen LogP contribution in [0.15, 0.2) is 33.2 Å². The fraction of sp³-hybridized carbons (Fsp3) is 0.333. The van der Waals surface area contributed by atoms with Crippen LogP contribution in [0.3, 0.4) is 0 Å². The van der Waals surface area contributed by atoms with Gasteiger partial charge in [0.1, 0.15) is 5.58 Å². The maximum absolute atomic E-state index is 12.4. The van der Waals surface area contributed by atoms with Gasteiger partial charge in [0.25, 0.3) is 5.91 Å². The van der Waals surface area contributed by atoms with E-state index in [4.69, 9.17) is 4.42 Å². The number of rotatable bonds is 2. The summed E-state index contributed by atoms with van der Waals surface area (Å²) in [7, 11) is 0. The largest absolute Gasteiger partial charge is 0.481 e. The van der Waals surface area contributed by atoms with Gasteiger partial charge in [-0.05, 0) is 37.6 Å². The van der Waals surface area contributed by atoms with Crippen LogP contribution in [-0.2, 0) is 4.79 Å². The zero-order chi connectivity index (χ0) is 15.2. The number of carboxylic acid groups (broad SMARTS) is 1. The van der Waals surface area contributed by atoms with Crippen molar-refractivity contribution in [1.82, 2.24) is 4.90 Å². The first-order valence-electron chi connectivity index (χ1n) is 6.61. The summed E-state index contributed by atoms with van der Waals surface area (Å²) in [6.45, 7) is 2.31. The first-order chi connectivity index (χ1) is 9.89. The van der Waals surface area contributed by atoms with E-state index in [9.17, 15) is 14.7 Å². The van der Waals surface area contributed by atoms with Crippen LogP contribution < -0.4 is 0 Å². The van der Waals surface area contributed by atoms with Crippen LogP contribution in [0.1, 0.15) is 23.9 Å². The average Bonchev–Trinajstić information content (AvgIpc) is 3.02. The molecule has 3 rings (SSSR count). The molecule has 2 heterocycles. The fourth-order valence-corrected chi connectivity index (χ4v) is 2.96. The van der Waals surface area contributed by atoms with Crippen molar-refractivity contribution in [3.63, 3.8) is 0 Å². The van der Waals surface area contributed by atoms with Crippen molar-refractivity contribution in [1.29, 1.82) is 0 Å². The third-order valence-electron chi connectivity index (χ3n) is 3.97. The predicted octanol–water partition coefficient (Wildman–Crippen LogP) is 3.13. The molecule has 1 fully saturated rings. The number of furan rings is 1. The molecule has 1 saturated heterocycles. The van der Waals surface area contributed by atoms with Crippen molar-refractivity contribution in [3.05, 3.63) is 34.5 Å². The number of hydrogen-bond donors (Lipinski definition) is 1. The van der Waals surface area contributed by atoms with Crippen LogP contribution in [0.5, 0.6) is 0 Å². The van der Waals surface area contributed by atoms with Gasteiger partial charge in [-0.1, -0.05) is 15.9 Å². The highest BCUT2D eigenvalue weighted by Crippen LogP contribution is 2.32. The predicted molar refractivity (Wildman–Crippen MR) is 80.2 cm³/mol. The first kappa shape index (κ1) is 14.1. The van der Waals surface area contributed by atoms with Crippen LogP contribution in [0.2, 0.25) is 0 Å². The molecular weight excluding hydrogens is 338 g/mol. The van der Waals surface area contributed by atoms with Crippen LogP contribution in [0, 0.1) is 5.41 Å². The number of amides is 1.